The van der Waals surface area contributed by atoms with Gasteiger partial charge in [-0.25, -0.2) is 9.97 Å². The van der Waals surface area contributed by atoms with E-state index in [-0.39, 0.29) is 11.9 Å². The van der Waals surface area contributed by atoms with Gasteiger partial charge in [-0.15, -0.1) is 0 Å². The highest BCUT2D eigenvalue weighted by atomic mass is 19.4. The smallest absolute Gasteiger partial charge is 0.306 e. The third-order valence-electron chi connectivity index (χ3n) is 3.65. The third kappa shape index (κ3) is 3.18. The second-order valence-corrected chi connectivity index (χ2v) is 5.62. The number of rotatable bonds is 1. The lowest BCUT2D eigenvalue weighted by molar-refractivity contribution is -0.144. The van der Waals surface area contributed by atoms with E-state index < -0.39 is 34.6 Å². The van der Waals surface area contributed by atoms with Crippen LogP contribution in [0.5, 0.6) is 0 Å². The predicted octanol–water partition coefficient (Wildman–Crippen LogP) is 5.07. The molecule has 3 aromatic heterocycles. The number of aromatic nitrogens is 3. The summed E-state index contributed by atoms with van der Waals surface area (Å²) < 4.78 is 79.8. The fourth-order valence-electron chi connectivity index (χ4n) is 2.60. The summed E-state index contributed by atoms with van der Waals surface area (Å²) in [7, 11) is 0. The van der Waals surface area contributed by atoms with E-state index in [9.17, 15) is 26.3 Å². The third-order valence-corrected chi connectivity index (χ3v) is 3.65. The zero-order valence-corrected chi connectivity index (χ0v) is 13.0. The van der Waals surface area contributed by atoms with E-state index in [0.29, 0.717) is 0 Å². The molecule has 132 valence electrons. The Bertz CT molecular complexity index is 953. The van der Waals surface area contributed by atoms with Crippen molar-refractivity contribution >= 4 is 11.0 Å². The van der Waals surface area contributed by atoms with Crippen molar-refractivity contribution in [3.63, 3.8) is 0 Å². The van der Waals surface area contributed by atoms with Crippen LogP contribution in [-0.4, -0.2) is 14.5 Å². The van der Waals surface area contributed by atoms with E-state index in [1.165, 1.54) is 6.07 Å². The lowest BCUT2D eigenvalue weighted by Crippen LogP contribution is -2.14. The largest absolute Gasteiger partial charge is 0.433 e. The first kappa shape index (κ1) is 17.2. The van der Waals surface area contributed by atoms with Crippen LogP contribution in [0.1, 0.15) is 22.5 Å². The minimum absolute atomic E-state index is 0.00868. The number of aryl methyl sites for hydroxylation is 2. The van der Waals surface area contributed by atoms with Gasteiger partial charge in [-0.05, 0) is 43.7 Å². The molecule has 3 nitrogen and oxygen atoms in total. The Hall–Kier alpha value is -2.58. The van der Waals surface area contributed by atoms with Crippen LogP contribution in [-0.2, 0) is 12.4 Å². The molecule has 0 aromatic carbocycles. The molecule has 0 aliphatic heterocycles. The quantitative estimate of drug-likeness (QED) is 0.568. The van der Waals surface area contributed by atoms with E-state index in [2.05, 4.69) is 9.97 Å². The first-order valence-corrected chi connectivity index (χ1v) is 7.09. The highest BCUT2D eigenvalue weighted by Crippen LogP contribution is 2.38. The van der Waals surface area contributed by atoms with Gasteiger partial charge < -0.3 is 4.57 Å². The van der Waals surface area contributed by atoms with Crippen molar-refractivity contribution in [2.75, 3.05) is 0 Å². The van der Waals surface area contributed by atoms with Gasteiger partial charge in [-0.2, -0.15) is 26.3 Å². The SMILES string of the molecule is Cc1cc(C)n(-c2ccc3c(C(F)(F)F)cc(C(F)(F)F)nc3n2)c1. The van der Waals surface area contributed by atoms with Gasteiger partial charge in [0.1, 0.15) is 11.5 Å². The van der Waals surface area contributed by atoms with Crippen LogP contribution in [0.2, 0.25) is 0 Å². The zero-order chi connectivity index (χ0) is 18.6. The maximum atomic E-state index is 13.1. The molecule has 0 aliphatic rings. The maximum absolute atomic E-state index is 13.1. The topological polar surface area (TPSA) is 30.7 Å². The predicted molar refractivity (Wildman–Crippen MR) is 78.3 cm³/mol. The summed E-state index contributed by atoms with van der Waals surface area (Å²) >= 11 is 0. The highest BCUT2D eigenvalue weighted by Gasteiger charge is 2.39. The van der Waals surface area contributed by atoms with Crippen molar-refractivity contribution in [1.29, 1.82) is 0 Å². The van der Waals surface area contributed by atoms with Crippen molar-refractivity contribution in [1.82, 2.24) is 14.5 Å². The standard InChI is InChI=1S/C16H11F6N3/c1-8-5-9(2)25(7-8)13-4-3-10-11(15(17,18)19)6-12(16(20,21)22)23-14(10)24-13/h3-7H,1-2H3. The van der Waals surface area contributed by atoms with Crippen LogP contribution in [0.4, 0.5) is 26.3 Å². The Morgan fingerprint density at radius 2 is 1.56 bits per heavy atom. The van der Waals surface area contributed by atoms with E-state index >= 15 is 0 Å². The van der Waals surface area contributed by atoms with Gasteiger partial charge in [0, 0.05) is 17.3 Å². The van der Waals surface area contributed by atoms with Crippen molar-refractivity contribution in [2.45, 2.75) is 26.2 Å². The average Bonchev–Trinajstić information content (AvgIpc) is 2.82. The summed E-state index contributed by atoms with van der Waals surface area (Å²) in [5.41, 5.74) is -2.02. The van der Waals surface area contributed by atoms with Crippen molar-refractivity contribution in [2.24, 2.45) is 0 Å². The second-order valence-electron chi connectivity index (χ2n) is 5.62. The van der Waals surface area contributed by atoms with Crippen LogP contribution in [0.15, 0.2) is 30.5 Å². The Kier molecular flexibility index (Phi) is 3.77. The van der Waals surface area contributed by atoms with Gasteiger partial charge in [0.2, 0.25) is 0 Å². The van der Waals surface area contributed by atoms with Crippen molar-refractivity contribution in [3.8, 4) is 5.82 Å². The summed E-state index contributed by atoms with van der Waals surface area (Å²) in [4.78, 5) is 7.21. The fourth-order valence-corrected chi connectivity index (χ4v) is 2.60. The molecule has 0 radical (unpaired) electrons. The molecular weight excluding hydrogens is 348 g/mol. The number of hydrogen-bond donors (Lipinski definition) is 0. The molecule has 0 saturated heterocycles. The van der Waals surface area contributed by atoms with Crippen LogP contribution < -0.4 is 0 Å². The Morgan fingerprint density at radius 1 is 0.880 bits per heavy atom. The number of hydrogen-bond acceptors (Lipinski definition) is 2. The maximum Gasteiger partial charge on any atom is 0.433 e. The van der Waals surface area contributed by atoms with Gasteiger partial charge >= 0.3 is 12.4 Å². The summed E-state index contributed by atoms with van der Waals surface area (Å²) in [5.74, 6) is 0.193. The second kappa shape index (κ2) is 5.47. The number of pyridine rings is 2. The molecule has 0 aliphatic carbocycles. The summed E-state index contributed by atoms with van der Waals surface area (Å²) in [6.07, 6.45) is -8.28. The first-order valence-electron chi connectivity index (χ1n) is 7.09. The molecule has 0 N–H and O–H groups in total. The minimum Gasteiger partial charge on any atom is -0.306 e. The molecule has 3 aromatic rings. The number of fused-ring (bicyclic) bond motifs is 1. The van der Waals surface area contributed by atoms with Crippen LogP contribution in [0.25, 0.3) is 16.9 Å². The Morgan fingerprint density at radius 3 is 2.08 bits per heavy atom. The van der Waals surface area contributed by atoms with Gasteiger partial charge in [0.15, 0.2) is 5.65 Å². The van der Waals surface area contributed by atoms with Gasteiger partial charge in [-0.3, -0.25) is 0 Å². The first-order chi connectivity index (χ1) is 11.5. The zero-order valence-electron chi connectivity index (χ0n) is 13.0. The van der Waals surface area contributed by atoms with Crippen molar-refractivity contribution in [3.05, 3.63) is 53.0 Å². The highest BCUT2D eigenvalue weighted by molar-refractivity contribution is 5.80. The molecule has 25 heavy (non-hydrogen) atoms. The van der Waals surface area contributed by atoms with E-state index in [1.807, 2.05) is 13.0 Å². The lowest BCUT2D eigenvalue weighted by atomic mass is 10.1. The molecule has 0 bridgehead atoms. The molecule has 0 amide bonds. The molecule has 0 saturated carbocycles. The summed E-state index contributed by atoms with van der Waals surface area (Å²) in [6, 6.07) is 4.22. The van der Waals surface area contributed by atoms with Crippen LogP contribution >= 0.6 is 0 Å². The molecule has 3 rings (SSSR count). The van der Waals surface area contributed by atoms with Gasteiger partial charge in [0.05, 0.1) is 5.56 Å². The molecule has 0 atom stereocenters. The summed E-state index contributed by atoms with van der Waals surface area (Å²) in [6.45, 7) is 3.56. The number of halogens is 6. The van der Waals surface area contributed by atoms with Gasteiger partial charge in [-0.1, -0.05) is 0 Å². The molecule has 0 spiro atoms. The minimum atomic E-state index is -5.01. The normalized spacial score (nSPS) is 12.8. The van der Waals surface area contributed by atoms with Crippen LogP contribution in [0, 0.1) is 13.8 Å². The van der Waals surface area contributed by atoms with E-state index in [0.717, 1.165) is 17.3 Å². The fraction of sp³-hybridized carbons (Fsp3) is 0.250. The van der Waals surface area contributed by atoms with Crippen molar-refractivity contribution < 1.29 is 26.3 Å². The molecule has 0 unspecified atom stereocenters. The number of alkyl halides is 6. The average molecular weight is 359 g/mol. The Balaban J connectivity index is 2.30. The molecule has 3 heterocycles. The molecule has 0 fully saturated rings. The molecule has 9 heteroatoms. The lowest BCUT2D eigenvalue weighted by Gasteiger charge is -2.14. The number of nitrogens with zero attached hydrogens (tertiary/aromatic N) is 3. The Labute approximate surface area is 137 Å². The van der Waals surface area contributed by atoms with Gasteiger partial charge in [0.25, 0.3) is 0 Å². The monoisotopic (exact) mass is 359 g/mol. The van der Waals surface area contributed by atoms with Crippen LogP contribution in [0.3, 0.4) is 0 Å². The van der Waals surface area contributed by atoms with E-state index in [1.54, 1.807) is 17.7 Å². The molecular formula is C16H11F6N3. The van der Waals surface area contributed by atoms with E-state index in [4.69, 9.17) is 0 Å². The summed E-state index contributed by atoms with van der Waals surface area (Å²) in [5, 5.41) is -0.481.